The zero-order valence-electron chi connectivity index (χ0n) is 9.97. The smallest absolute Gasteiger partial charge is 0.240 e. The molecule has 4 N–H and O–H groups in total. The van der Waals surface area contributed by atoms with Crippen LogP contribution in [-0.4, -0.2) is 33.3 Å². The zero-order valence-corrected chi connectivity index (χ0v) is 10.8. The Bertz CT molecular complexity index is 508. The van der Waals surface area contributed by atoms with Crippen molar-refractivity contribution < 1.29 is 22.7 Å². The molecule has 8 heteroatoms. The van der Waals surface area contributed by atoms with E-state index >= 15 is 0 Å². The first kappa shape index (κ1) is 14.7. The molecule has 0 spiro atoms. The van der Waals surface area contributed by atoms with Crippen LogP contribution >= 0.6 is 0 Å². The number of sulfonamides is 1. The van der Waals surface area contributed by atoms with Gasteiger partial charge in [0.1, 0.15) is 0 Å². The molecule has 0 aromatic heterocycles. The van der Waals surface area contributed by atoms with Crippen LogP contribution in [0.15, 0.2) is 17.0 Å². The topological polar surface area (TPSA) is 102 Å². The van der Waals surface area contributed by atoms with Gasteiger partial charge in [-0.05, 0) is 19.1 Å². The third-order valence-corrected chi connectivity index (χ3v) is 3.53. The molecule has 0 saturated carbocycles. The van der Waals surface area contributed by atoms with Crippen LogP contribution < -0.4 is 15.2 Å². The van der Waals surface area contributed by atoms with Gasteiger partial charge < -0.3 is 15.6 Å². The van der Waals surface area contributed by atoms with Crippen LogP contribution in [0.3, 0.4) is 0 Å². The first-order chi connectivity index (χ1) is 8.27. The van der Waals surface area contributed by atoms with Crippen molar-refractivity contribution in [3.05, 3.63) is 17.9 Å². The lowest BCUT2D eigenvalue weighted by Gasteiger charge is -2.11. The number of nitrogens with one attached hydrogen (secondary N) is 1. The highest BCUT2D eigenvalue weighted by Gasteiger charge is 2.19. The summed E-state index contributed by atoms with van der Waals surface area (Å²) in [6.07, 6.45) is -0.847. The quantitative estimate of drug-likeness (QED) is 0.662. The molecule has 0 fully saturated rings. The normalized spacial score (nSPS) is 13.3. The number of aliphatic hydroxyl groups excluding tert-OH is 1. The molecule has 0 aliphatic rings. The largest absolute Gasteiger partial charge is 0.492 e. The third-order valence-electron chi connectivity index (χ3n) is 2.13. The molecule has 0 aliphatic carbocycles. The van der Waals surface area contributed by atoms with Crippen LogP contribution in [0.4, 0.5) is 10.1 Å². The number of aliphatic hydroxyl groups is 1. The van der Waals surface area contributed by atoms with Crippen LogP contribution in [0.2, 0.25) is 0 Å². The number of halogens is 1. The van der Waals surface area contributed by atoms with Gasteiger partial charge in [0.15, 0.2) is 11.6 Å². The summed E-state index contributed by atoms with van der Waals surface area (Å²) in [6.45, 7) is 1.25. The Labute approximate surface area is 105 Å². The number of benzene rings is 1. The number of hydrogen-bond acceptors (Lipinski definition) is 5. The van der Waals surface area contributed by atoms with E-state index in [0.717, 1.165) is 12.1 Å². The predicted molar refractivity (Wildman–Crippen MR) is 64.2 cm³/mol. The Morgan fingerprint density at radius 1 is 1.56 bits per heavy atom. The van der Waals surface area contributed by atoms with Gasteiger partial charge in [-0.15, -0.1) is 0 Å². The van der Waals surface area contributed by atoms with Gasteiger partial charge in [-0.25, -0.2) is 17.5 Å². The second kappa shape index (κ2) is 5.51. The number of rotatable bonds is 5. The van der Waals surface area contributed by atoms with Crippen molar-refractivity contribution in [3.8, 4) is 5.75 Å². The average Bonchev–Trinajstić information content (AvgIpc) is 2.26. The van der Waals surface area contributed by atoms with Crippen molar-refractivity contribution in [3.63, 3.8) is 0 Å². The van der Waals surface area contributed by atoms with Crippen molar-refractivity contribution in [2.24, 2.45) is 0 Å². The van der Waals surface area contributed by atoms with Gasteiger partial charge in [-0.3, -0.25) is 0 Å². The average molecular weight is 278 g/mol. The van der Waals surface area contributed by atoms with Crippen LogP contribution in [0.25, 0.3) is 0 Å². The standard InChI is InChI=1S/C10H15FN2O4S/c1-6(14)5-13-18(15,16)7-3-8(11)10(17-2)9(12)4-7/h3-4,6,13-14H,5,12H2,1-2H3/t6-/m1/s1. The minimum absolute atomic E-state index is 0.116. The van der Waals surface area contributed by atoms with Crippen molar-refractivity contribution in [2.75, 3.05) is 19.4 Å². The Kier molecular flexibility index (Phi) is 4.49. The zero-order chi connectivity index (χ0) is 13.9. The lowest BCUT2D eigenvalue weighted by Crippen LogP contribution is -2.30. The molecule has 1 atom stereocenters. The highest BCUT2D eigenvalue weighted by atomic mass is 32.2. The van der Waals surface area contributed by atoms with Gasteiger partial charge in [0.05, 0.1) is 23.8 Å². The molecule has 1 aromatic rings. The third kappa shape index (κ3) is 3.31. The molecule has 6 nitrogen and oxygen atoms in total. The summed E-state index contributed by atoms with van der Waals surface area (Å²) in [7, 11) is -2.68. The van der Waals surface area contributed by atoms with Gasteiger partial charge in [0.2, 0.25) is 10.0 Å². The van der Waals surface area contributed by atoms with E-state index in [1.165, 1.54) is 14.0 Å². The SMILES string of the molecule is COc1c(N)cc(S(=O)(=O)NC[C@@H](C)O)cc1F. The van der Waals surface area contributed by atoms with E-state index in [1.54, 1.807) is 0 Å². The second-order valence-corrected chi connectivity index (χ2v) is 5.50. The van der Waals surface area contributed by atoms with E-state index in [4.69, 9.17) is 10.8 Å². The first-order valence-electron chi connectivity index (χ1n) is 5.08. The van der Waals surface area contributed by atoms with E-state index < -0.39 is 21.9 Å². The van der Waals surface area contributed by atoms with Gasteiger partial charge in [0, 0.05) is 6.54 Å². The highest BCUT2D eigenvalue weighted by molar-refractivity contribution is 7.89. The Morgan fingerprint density at radius 3 is 2.61 bits per heavy atom. The fourth-order valence-electron chi connectivity index (χ4n) is 1.27. The van der Waals surface area contributed by atoms with Gasteiger partial charge in [-0.1, -0.05) is 0 Å². The lowest BCUT2D eigenvalue weighted by atomic mass is 10.3. The second-order valence-electron chi connectivity index (χ2n) is 3.73. The summed E-state index contributed by atoms with van der Waals surface area (Å²) >= 11 is 0. The number of nitrogen functional groups attached to an aromatic ring is 1. The molecule has 18 heavy (non-hydrogen) atoms. The maximum Gasteiger partial charge on any atom is 0.240 e. The summed E-state index contributed by atoms with van der Waals surface area (Å²) in [6, 6.07) is 1.89. The summed E-state index contributed by atoms with van der Waals surface area (Å²) in [5.74, 6) is -1.07. The molecule has 1 rings (SSSR count). The van der Waals surface area contributed by atoms with Gasteiger partial charge in [-0.2, -0.15) is 0 Å². The predicted octanol–water partition coefficient (Wildman–Crippen LogP) is 0.0756. The summed E-state index contributed by atoms with van der Waals surface area (Å²) in [4.78, 5) is -0.320. The van der Waals surface area contributed by atoms with Crippen LogP contribution in [0, 0.1) is 5.82 Å². The Hall–Kier alpha value is -1.38. The number of nitrogens with two attached hydrogens (primary N) is 1. The van der Waals surface area contributed by atoms with E-state index in [-0.39, 0.29) is 22.9 Å². The fourth-order valence-corrected chi connectivity index (χ4v) is 2.44. The summed E-state index contributed by atoms with van der Waals surface area (Å²) < 4.78 is 43.8. The fraction of sp³-hybridized carbons (Fsp3) is 0.400. The summed E-state index contributed by atoms with van der Waals surface area (Å²) in [5, 5.41) is 9.01. The van der Waals surface area contributed by atoms with E-state index in [1.807, 2.05) is 0 Å². The Balaban J connectivity index is 3.11. The minimum Gasteiger partial charge on any atom is -0.492 e. The van der Waals surface area contributed by atoms with E-state index in [0.29, 0.717) is 0 Å². The van der Waals surface area contributed by atoms with Crippen LogP contribution in [0.1, 0.15) is 6.92 Å². The van der Waals surface area contributed by atoms with Crippen molar-refractivity contribution >= 4 is 15.7 Å². The molecule has 102 valence electrons. The van der Waals surface area contributed by atoms with Gasteiger partial charge in [0.25, 0.3) is 0 Å². The summed E-state index contributed by atoms with van der Waals surface area (Å²) in [5.41, 5.74) is 5.36. The molecule has 0 radical (unpaired) electrons. The maximum atomic E-state index is 13.5. The van der Waals surface area contributed by atoms with Crippen LogP contribution in [0.5, 0.6) is 5.75 Å². The first-order valence-corrected chi connectivity index (χ1v) is 6.57. The molecule has 0 bridgehead atoms. The van der Waals surface area contributed by atoms with E-state index in [2.05, 4.69) is 9.46 Å². The van der Waals surface area contributed by atoms with E-state index in [9.17, 15) is 12.8 Å². The maximum absolute atomic E-state index is 13.5. The highest BCUT2D eigenvalue weighted by Crippen LogP contribution is 2.28. The van der Waals surface area contributed by atoms with Crippen molar-refractivity contribution in [1.29, 1.82) is 0 Å². The molecule has 0 heterocycles. The minimum atomic E-state index is -3.91. The number of hydrogen-bond donors (Lipinski definition) is 3. The van der Waals surface area contributed by atoms with Crippen molar-refractivity contribution in [2.45, 2.75) is 17.9 Å². The monoisotopic (exact) mass is 278 g/mol. The molecule has 0 unspecified atom stereocenters. The number of ether oxygens (including phenoxy) is 1. The molecule has 0 saturated heterocycles. The molecule has 0 amide bonds. The Morgan fingerprint density at radius 2 is 2.17 bits per heavy atom. The molecule has 0 aliphatic heterocycles. The molecular formula is C10H15FN2O4S. The number of methoxy groups -OCH3 is 1. The number of anilines is 1. The van der Waals surface area contributed by atoms with Gasteiger partial charge >= 0.3 is 0 Å². The molecular weight excluding hydrogens is 263 g/mol. The molecule has 1 aromatic carbocycles. The van der Waals surface area contributed by atoms with Crippen molar-refractivity contribution in [1.82, 2.24) is 4.72 Å². The lowest BCUT2D eigenvalue weighted by molar-refractivity contribution is 0.198. The van der Waals surface area contributed by atoms with Crippen LogP contribution in [-0.2, 0) is 10.0 Å².